The summed E-state index contributed by atoms with van der Waals surface area (Å²) in [6.45, 7) is 0.738. The van der Waals surface area contributed by atoms with Gasteiger partial charge in [0, 0.05) is 25.1 Å². The molecule has 160 valence electrons. The van der Waals surface area contributed by atoms with E-state index < -0.39 is 12.1 Å². The van der Waals surface area contributed by atoms with Crippen molar-refractivity contribution < 1.29 is 24.2 Å². The lowest BCUT2D eigenvalue weighted by atomic mass is 9.98. The van der Waals surface area contributed by atoms with Gasteiger partial charge in [-0.2, -0.15) is 0 Å². The number of carboxylic acid groups (broad SMARTS) is 1. The van der Waals surface area contributed by atoms with Crippen molar-refractivity contribution in [2.24, 2.45) is 11.8 Å². The van der Waals surface area contributed by atoms with Gasteiger partial charge in [0.15, 0.2) is 0 Å². The quantitative estimate of drug-likeness (QED) is 0.570. The van der Waals surface area contributed by atoms with E-state index in [0.29, 0.717) is 13.0 Å². The summed E-state index contributed by atoms with van der Waals surface area (Å²) in [5.41, 5.74) is 4.63. The standard InChI is InChI=1S/C24H24N2O5/c27-22(26-13-15-12-20(15)23(28)29)10-5-11-25-24(30)31-14-21-18-8-3-1-6-16(18)17-7-2-4-9-19(17)21/h1-10,15,20-21H,11-14H2,(H,25,30)(H,26,27)(H,28,29)/b10-5+/t15-,20-/m1/s1. The molecule has 0 spiro atoms. The van der Waals surface area contributed by atoms with Gasteiger partial charge in [-0.15, -0.1) is 0 Å². The van der Waals surface area contributed by atoms with Crippen molar-refractivity contribution in [3.63, 3.8) is 0 Å². The van der Waals surface area contributed by atoms with Gasteiger partial charge in [0.05, 0.1) is 5.92 Å². The van der Waals surface area contributed by atoms with Crippen LogP contribution in [0.5, 0.6) is 0 Å². The van der Waals surface area contributed by atoms with E-state index in [1.165, 1.54) is 23.3 Å². The van der Waals surface area contributed by atoms with Gasteiger partial charge in [-0.25, -0.2) is 4.79 Å². The largest absolute Gasteiger partial charge is 0.481 e. The Balaban J connectivity index is 1.20. The number of ether oxygens (including phenoxy) is 1. The fourth-order valence-corrected chi connectivity index (χ4v) is 4.02. The molecule has 0 saturated heterocycles. The molecule has 1 fully saturated rings. The van der Waals surface area contributed by atoms with Crippen molar-refractivity contribution in [3.05, 3.63) is 71.8 Å². The second-order valence-electron chi connectivity index (χ2n) is 7.79. The molecule has 3 N–H and O–H groups in total. The molecule has 7 nitrogen and oxygen atoms in total. The molecular formula is C24H24N2O5. The Labute approximate surface area is 180 Å². The number of carbonyl (C=O) groups is 3. The van der Waals surface area contributed by atoms with Crippen LogP contribution in [0.1, 0.15) is 23.5 Å². The second-order valence-corrected chi connectivity index (χ2v) is 7.79. The second kappa shape index (κ2) is 9.04. The van der Waals surface area contributed by atoms with Crippen molar-refractivity contribution in [2.75, 3.05) is 19.7 Å². The van der Waals surface area contributed by atoms with Crippen LogP contribution in [-0.2, 0) is 14.3 Å². The molecule has 0 unspecified atom stereocenters. The summed E-state index contributed by atoms with van der Waals surface area (Å²) in [7, 11) is 0. The highest BCUT2D eigenvalue weighted by atomic mass is 16.5. The molecule has 2 atom stereocenters. The third-order valence-electron chi connectivity index (χ3n) is 5.76. The molecule has 1 saturated carbocycles. The number of alkyl carbamates (subject to hydrolysis) is 1. The molecule has 0 radical (unpaired) electrons. The molecular weight excluding hydrogens is 396 g/mol. The highest BCUT2D eigenvalue weighted by molar-refractivity contribution is 5.87. The molecule has 2 aliphatic carbocycles. The fraction of sp³-hybridized carbons (Fsp3) is 0.292. The van der Waals surface area contributed by atoms with Crippen molar-refractivity contribution in [2.45, 2.75) is 12.3 Å². The monoisotopic (exact) mass is 420 g/mol. The molecule has 0 aromatic heterocycles. The topological polar surface area (TPSA) is 105 Å². The molecule has 7 heteroatoms. The highest BCUT2D eigenvalue weighted by Gasteiger charge is 2.42. The van der Waals surface area contributed by atoms with Gasteiger partial charge in [-0.1, -0.05) is 54.6 Å². The minimum atomic E-state index is -0.818. The first kappa shape index (κ1) is 20.7. The average Bonchev–Trinajstić information content (AvgIpc) is 3.50. The number of carboxylic acids is 1. The number of carbonyl (C=O) groups excluding carboxylic acids is 2. The Hall–Kier alpha value is -3.61. The molecule has 2 amide bonds. The van der Waals surface area contributed by atoms with Gasteiger partial charge in [-0.3, -0.25) is 9.59 Å². The van der Waals surface area contributed by atoms with Gasteiger partial charge >= 0.3 is 12.1 Å². The highest BCUT2D eigenvalue weighted by Crippen LogP contribution is 2.44. The zero-order valence-electron chi connectivity index (χ0n) is 16.9. The van der Waals surface area contributed by atoms with Crippen molar-refractivity contribution >= 4 is 18.0 Å². The summed E-state index contributed by atoms with van der Waals surface area (Å²) < 4.78 is 5.43. The van der Waals surface area contributed by atoms with Crippen LogP contribution in [0.3, 0.4) is 0 Å². The predicted molar refractivity (Wildman–Crippen MR) is 114 cm³/mol. The summed E-state index contributed by atoms with van der Waals surface area (Å²) in [5, 5.41) is 14.1. The molecule has 2 aromatic rings. The molecule has 0 aliphatic heterocycles. The number of aliphatic carboxylic acids is 1. The molecule has 2 aromatic carbocycles. The first-order chi connectivity index (χ1) is 15.0. The normalized spacial score (nSPS) is 18.8. The smallest absolute Gasteiger partial charge is 0.407 e. The van der Waals surface area contributed by atoms with Gasteiger partial charge in [0.1, 0.15) is 6.61 Å². The van der Waals surface area contributed by atoms with Crippen molar-refractivity contribution in [1.82, 2.24) is 10.6 Å². The Morgan fingerprint density at radius 3 is 2.26 bits per heavy atom. The van der Waals surface area contributed by atoms with E-state index in [9.17, 15) is 14.4 Å². The summed E-state index contributed by atoms with van der Waals surface area (Å²) in [6, 6.07) is 16.2. The van der Waals surface area contributed by atoms with Crippen LogP contribution in [0, 0.1) is 11.8 Å². The van der Waals surface area contributed by atoms with E-state index in [2.05, 4.69) is 34.9 Å². The number of rotatable bonds is 8. The van der Waals surface area contributed by atoms with E-state index in [1.54, 1.807) is 0 Å². The van der Waals surface area contributed by atoms with Crippen molar-refractivity contribution in [1.29, 1.82) is 0 Å². The van der Waals surface area contributed by atoms with Crippen LogP contribution in [0.2, 0.25) is 0 Å². The number of nitrogens with one attached hydrogen (secondary N) is 2. The minimum absolute atomic E-state index is 0.00322. The number of amides is 2. The van der Waals surface area contributed by atoms with E-state index in [0.717, 1.165) is 11.1 Å². The SMILES string of the molecule is O=C(/C=C/CNC(=O)OCC1c2ccccc2-c2ccccc21)NC[C@H]1C[C@H]1C(=O)O. The summed E-state index contributed by atoms with van der Waals surface area (Å²) >= 11 is 0. The number of hydrogen-bond acceptors (Lipinski definition) is 4. The first-order valence-corrected chi connectivity index (χ1v) is 10.3. The molecule has 4 rings (SSSR count). The summed E-state index contributed by atoms with van der Waals surface area (Å²) in [4.78, 5) is 34.6. The van der Waals surface area contributed by atoms with E-state index in [4.69, 9.17) is 9.84 Å². The maximum Gasteiger partial charge on any atom is 0.407 e. The van der Waals surface area contributed by atoms with Crippen molar-refractivity contribution in [3.8, 4) is 11.1 Å². The molecule has 2 aliphatic rings. The first-order valence-electron chi connectivity index (χ1n) is 10.3. The van der Waals surface area contributed by atoms with Crippen LogP contribution in [0.25, 0.3) is 11.1 Å². The molecule has 31 heavy (non-hydrogen) atoms. The Kier molecular flexibility index (Phi) is 6.02. The third-order valence-corrected chi connectivity index (χ3v) is 5.76. The van der Waals surface area contributed by atoms with Crippen LogP contribution >= 0.6 is 0 Å². The zero-order chi connectivity index (χ0) is 21.8. The number of fused-ring (bicyclic) bond motifs is 3. The van der Waals surface area contributed by atoms with Crippen LogP contribution in [-0.4, -0.2) is 42.8 Å². The Morgan fingerprint density at radius 1 is 1.00 bits per heavy atom. The minimum Gasteiger partial charge on any atom is -0.481 e. The molecule has 0 bridgehead atoms. The maximum atomic E-state index is 12.1. The van der Waals surface area contributed by atoms with Crippen LogP contribution < -0.4 is 10.6 Å². The molecule has 0 heterocycles. The maximum absolute atomic E-state index is 12.1. The number of benzene rings is 2. The predicted octanol–water partition coefficient (Wildman–Crippen LogP) is 2.92. The Bertz CT molecular complexity index is 987. The lowest BCUT2D eigenvalue weighted by Crippen LogP contribution is -2.27. The van der Waals surface area contributed by atoms with E-state index >= 15 is 0 Å². The lowest BCUT2D eigenvalue weighted by Gasteiger charge is -2.14. The summed E-state index contributed by atoms with van der Waals surface area (Å²) in [5.74, 6) is -1.47. The van der Waals surface area contributed by atoms with Gasteiger partial charge in [0.2, 0.25) is 5.91 Å². The Morgan fingerprint density at radius 2 is 1.65 bits per heavy atom. The van der Waals surface area contributed by atoms with Crippen LogP contribution in [0.4, 0.5) is 4.79 Å². The average molecular weight is 420 g/mol. The lowest BCUT2D eigenvalue weighted by molar-refractivity contribution is -0.139. The zero-order valence-corrected chi connectivity index (χ0v) is 16.9. The van der Waals surface area contributed by atoms with Gasteiger partial charge < -0.3 is 20.5 Å². The van der Waals surface area contributed by atoms with Gasteiger partial charge in [0.25, 0.3) is 0 Å². The van der Waals surface area contributed by atoms with Crippen LogP contribution in [0.15, 0.2) is 60.7 Å². The number of hydrogen-bond donors (Lipinski definition) is 3. The van der Waals surface area contributed by atoms with Gasteiger partial charge in [-0.05, 0) is 34.6 Å². The summed E-state index contributed by atoms with van der Waals surface area (Å²) in [6.07, 6.45) is 2.90. The van der Waals surface area contributed by atoms with E-state index in [1.807, 2.05) is 24.3 Å². The third kappa shape index (κ3) is 4.77. The van der Waals surface area contributed by atoms with E-state index in [-0.39, 0.29) is 36.8 Å². The fourth-order valence-electron chi connectivity index (χ4n) is 4.02.